The van der Waals surface area contributed by atoms with Crippen LogP contribution in [0.3, 0.4) is 0 Å². The Hall–Kier alpha value is -5.02. The van der Waals surface area contributed by atoms with Gasteiger partial charge in [-0.3, -0.25) is 9.88 Å². The Morgan fingerprint density at radius 3 is 2.46 bits per heavy atom. The van der Waals surface area contributed by atoms with Crippen molar-refractivity contribution < 1.29 is 14.2 Å². The molecule has 0 amide bonds. The van der Waals surface area contributed by atoms with Gasteiger partial charge in [-0.15, -0.1) is 5.10 Å². The molecule has 0 bridgehead atoms. The third kappa shape index (κ3) is 9.01. The molecular formula is C42H47ClN8O3. The number of nitrogens with one attached hydrogen (secondary N) is 1. The first kappa shape index (κ1) is 37.3. The summed E-state index contributed by atoms with van der Waals surface area (Å²) in [7, 11) is 0. The minimum atomic E-state index is 0.0544. The lowest BCUT2D eigenvalue weighted by molar-refractivity contribution is 0.131. The number of aromatic amines is 1. The predicted molar refractivity (Wildman–Crippen MR) is 207 cm³/mol. The highest BCUT2D eigenvalue weighted by Crippen LogP contribution is 2.38. The number of hydrogen-bond acceptors (Lipinski definition) is 10. The Morgan fingerprint density at radius 2 is 1.65 bits per heavy atom. The number of tetrazole rings is 1. The molecule has 5 aromatic rings. The van der Waals surface area contributed by atoms with E-state index in [1.807, 2.05) is 12.1 Å². The van der Waals surface area contributed by atoms with Gasteiger partial charge >= 0.3 is 0 Å². The van der Waals surface area contributed by atoms with Crippen LogP contribution in [0.15, 0.2) is 67.0 Å². The highest BCUT2D eigenvalue weighted by molar-refractivity contribution is 6.32. The summed E-state index contributed by atoms with van der Waals surface area (Å²) in [5, 5.41) is 24.7. The van der Waals surface area contributed by atoms with E-state index < -0.39 is 0 Å². The number of aromatic nitrogens is 5. The number of piperidine rings is 1. The number of halogens is 1. The molecule has 1 unspecified atom stereocenters. The Bertz CT molecular complexity index is 2060. The van der Waals surface area contributed by atoms with Gasteiger partial charge in [0, 0.05) is 42.7 Å². The molecule has 54 heavy (non-hydrogen) atoms. The summed E-state index contributed by atoms with van der Waals surface area (Å²) in [6.07, 6.45) is 10.0. The highest BCUT2D eigenvalue weighted by atomic mass is 35.5. The van der Waals surface area contributed by atoms with Gasteiger partial charge in [0.15, 0.2) is 5.82 Å². The summed E-state index contributed by atoms with van der Waals surface area (Å²) in [5.74, 6) is 2.86. The summed E-state index contributed by atoms with van der Waals surface area (Å²) in [6.45, 7) is 10.5. The monoisotopic (exact) mass is 746 g/mol. The van der Waals surface area contributed by atoms with Crippen molar-refractivity contribution in [3.05, 3.63) is 111 Å². The number of rotatable bonds is 15. The first-order chi connectivity index (χ1) is 26.5. The van der Waals surface area contributed by atoms with Crippen molar-refractivity contribution >= 4 is 11.6 Å². The molecule has 1 N–H and O–H groups in total. The fourth-order valence-electron chi connectivity index (χ4n) is 7.58. The Kier molecular flexibility index (Phi) is 12.3. The van der Waals surface area contributed by atoms with E-state index in [-0.39, 0.29) is 12.6 Å². The molecule has 2 aliphatic heterocycles. The first-order valence-corrected chi connectivity index (χ1v) is 19.3. The van der Waals surface area contributed by atoms with Crippen LogP contribution >= 0.6 is 11.6 Å². The van der Waals surface area contributed by atoms with Gasteiger partial charge in [0.25, 0.3) is 0 Å². The molecule has 2 aliphatic rings. The van der Waals surface area contributed by atoms with Crippen LogP contribution in [-0.4, -0.2) is 68.2 Å². The topological polar surface area (TPSA) is 125 Å². The van der Waals surface area contributed by atoms with Crippen LogP contribution in [0, 0.1) is 25.2 Å². The molecule has 11 nitrogen and oxygen atoms in total. The van der Waals surface area contributed by atoms with Crippen molar-refractivity contribution in [3.63, 3.8) is 0 Å². The number of nitrogens with zero attached hydrogens (tertiary/aromatic N) is 7. The molecule has 4 heterocycles. The second kappa shape index (κ2) is 17.9. The second-order valence-electron chi connectivity index (χ2n) is 14.2. The molecule has 7 rings (SSSR count). The number of ether oxygens (including phenoxy) is 3. The van der Waals surface area contributed by atoms with E-state index in [2.05, 4.69) is 91.7 Å². The minimum Gasteiger partial charge on any atom is -0.493 e. The zero-order valence-corrected chi connectivity index (χ0v) is 31.8. The lowest BCUT2D eigenvalue weighted by atomic mass is 9.93. The fourth-order valence-corrected chi connectivity index (χ4v) is 7.82. The smallest absolute Gasteiger partial charge is 0.165 e. The molecule has 3 aromatic carbocycles. The molecule has 2 fully saturated rings. The van der Waals surface area contributed by atoms with Crippen LogP contribution < -0.4 is 14.2 Å². The quantitative estimate of drug-likeness (QED) is 0.105. The van der Waals surface area contributed by atoms with E-state index >= 15 is 0 Å². The molecule has 2 saturated heterocycles. The van der Waals surface area contributed by atoms with Crippen molar-refractivity contribution in [1.29, 1.82) is 5.26 Å². The minimum absolute atomic E-state index is 0.0544. The van der Waals surface area contributed by atoms with E-state index in [0.29, 0.717) is 41.8 Å². The summed E-state index contributed by atoms with van der Waals surface area (Å²) in [6, 6.07) is 20.4. The van der Waals surface area contributed by atoms with Gasteiger partial charge in [-0.05, 0) is 122 Å². The predicted octanol–water partition coefficient (Wildman–Crippen LogP) is 8.15. The zero-order chi connectivity index (χ0) is 37.3. The van der Waals surface area contributed by atoms with E-state index in [1.54, 1.807) is 12.3 Å². The average molecular weight is 747 g/mol. The Morgan fingerprint density at radius 1 is 0.852 bits per heavy atom. The van der Waals surface area contributed by atoms with Gasteiger partial charge in [0.2, 0.25) is 0 Å². The zero-order valence-electron chi connectivity index (χ0n) is 31.1. The van der Waals surface area contributed by atoms with Crippen molar-refractivity contribution in [2.45, 2.75) is 78.2 Å². The fraction of sp³-hybridized carbons (Fsp3) is 0.405. The summed E-state index contributed by atoms with van der Waals surface area (Å²) < 4.78 is 19.2. The van der Waals surface area contributed by atoms with Gasteiger partial charge in [0.1, 0.15) is 36.5 Å². The van der Waals surface area contributed by atoms with Gasteiger partial charge in [0.05, 0.1) is 23.2 Å². The molecule has 280 valence electrons. The molecular weight excluding hydrogens is 700 g/mol. The van der Waals surface area contributed by atoms with Gasteiger partial charge in [-0.2, -0.15) is 5.26 Å². The van der Waals surface area contributed by atoms with Crippen LogP contribution in [0.1, 0.15) is 83.8 Å². The number of likely N-dealkylation sites (tertiary alicyclic amines) is 2. The van der Waals surface area contributed by atoms with Gasteiger partial charge < -0.3 is 19.1 Å². The van der Waals surface area contributed by atoms with Gasteiger partial charge in [-0.25, -0.2) is 5.10 Å². The Labute approximate surface area is 322 Å². The average Bonchev–Trinajstić information content (AvgIpc) is 3.93. The third-order valence-corrected chi connectivity index (χ3v) is 10.9. The van der Waals surface area contributed by atoms with E-state index in [4.69, 9.17) is 25.8 Å². The summed E-state index contributed by atoms with van der Waals surface area (Å²) >= 11 is 6.97. The van der Waals surface area contributed by atoms with Crippen LogP contribution in [0.5, 0.6) is 17.2 Å². The van der Waals surface area contributed by atoms with Crippen molar-refractivity contribution in [2.75, 3.05) is 32.8 Å². The SMILES string of the molecule is Cc1c(COc2cc(OCc3cncc(C#N)c3)c(CN3CCCCC3c3nnn[nH]3)cc2Cl)cccc1-c1cccc(OCCCN2CCCC2)c1C. The van der Waals surface area contributed by atoms with Crippen LogP contribution in [-0.2, 0) is 19.8 Å². The molecule has 0 aliphatic carbocycles. The van der Waals surface area contributed by atoms with Crippen molar-refractivity contribution in [3.8, 4) is 34.4 Å². The molecule has 1 atom stereocenters. The lowest BCUT2D eigenvalue weighted by Gasteiger charge is -2.34. The number of pyridine rings is 1. The van der Waals surface area contributed by atoms with E-state index in [9.17, 15) is 5.26 Å². The maximum absolute atomic E-state index is 9.40. The molecule has 0 saturated carbocycles. The lowest BCUT2D eigenvalue weighted by Crippen LogP contribution is -2.33. The maximum Gasteiger partial charge on any atom is 0.165 e. The van der Waals surface area contributed by atoms with Crippen LogP contribution in [0.4, 0.5) is 0 Å². The molecule has 12 heteroatoms. The third-order valence-electron chi connectivity index (χ3n) is 10.6. The standard InChI is InChI=1S/C42H47ClN8O3/c1-29-33(10-7-11-35(29)36-12-8-14-39(30(36)2)52-19-9-17-50-15-5-6-16-50)28-54-41-22-40(53-27-32-20-31(23-44)24-45-25-32)34(21-37(41)43)26-51-18-4-3-13-38(51)42-46-48-49-47-42/h7-8,10-12,14,20-22,24-25,38H,3-6,9,13,15-19,26-28H2,1-2H3,(H,46,47,48,49). The molecule has 2 aromatic heterocycles. The molecule has 0 radical (unpaired) electrons. The van der Waals surface area contributed by atoms with Crippen molar-refractivity contribution in [1.82, 2.24) is 35.4 Å². The maximum atomic E-state index is 9.40. The number of hydrogen-bond donors (Lipinski definition) is 1. The van der Waals surface area contributed by atoms with E-state index in [1.165, 1.54) is 32.1 Å². The van der Waals surface area contributed by atoms with Crippen LogP contribution in [0.2, 0.25) is 5.02 Å². The number of H-pyrrole nitrogens is 1. The number of benzene rings is 3. The van der Waals surface area contributed by atoms with Crippen LogP contribution in [0.25, 0.3) is 11.1 Å². The highest BCUT2D eigenvalue weighted by Gasteiger charge is 2.28. The second-order valence-corrected chi connectivity index (χ2v) is 14.6. The summed E-state index contributed by atoms with van der Waals surface area (Å²) in [4.78, 5) is 9.09. The molecule has 0 spiro atoms. The van der Waals surface area contributed by atoms with E-state index in [0.717, 1.165) is 89.3 Å². The largest absolute Gasteiger partial charge is 0.493 e. The first-order valence-electron chi connectivity index (χ1n) is 18.9. The van der Waals surface area contributed by atoms with Crippen molar-refractivity contribution in [2.24, 2.45) is 0 Å². The number of nitriles is 1. The van der Waals surface area contributed by atoms with Gasteiger partial charge in [-0.1, -0.05) is 48.4 Å². The summed E-state index contributed by atoms with van der Waals surface area (Å²) in [5.41, 5.74) is 7.81. The Balaban J connectivity index is 1.09. The normalized spacial score (nSPS) is 16.3.